The molecule has 0 amide bonds. The van der Waals surface area contributed by atoms with Crippen molar-refractivity contribution in [2.75, 3.05) is 19.4 Å². The van der Waals surface area contributed by atoms with Gasteiger partial charge in [-0.15, -0.1) is 0 Å². The van der Waals surface area contributed by atoms with E-state index in [2.05, 4.69) is 4.98 Å². The number of benzene rings is 2. The molecule has 0 aliphatic rings. The molecule has 0 saturated heterocycles. The van der Waals surface area contributed by atoms with Gasteiger partial charge in [0.2, 0.25) is 0 Å². The molecule has 0 unspecified atom stereocenters. The molecular formula is C20H22ClN2O4P. The Morgan fingerprint density at radius 3 is 2.39 bits per heavy atom. The van der Waals surface area contributed by atoms with Gasteiger partial charge in [-0.3, -0.25) is 13.9 Å². The quantitative estimate of drug-likeness (QED) is 0.487. The van der Waals surface area contributed by atoms with E-state index < -0.39 is 7.60 Å². The average molecular weight is 421 g/mol. The van der Waals surface area contributed by atoms with Gasteiger partial charge in [-0.1, -0.05) is 29.8 Å². The predicted octanol–water partition coefficient (Wildman–Crippen LogP) is 4.85. The monoisotopic (exact) mass is 420 g/mol. The molecule has 0 bridgehead atoms. The molecule has 3 aromatic rings. The Labute approximate surface area is 168 Å². The molecular weight excluding hydrogens is 399 g/mol. The third-order valence-electron chi connectivity index (χ3n) is 4.18. The molecule has 0 aliphatic heterocycles. The number of fused-ring (bicyclic) bond motifs is 1. The van der Waals surface area contributed by atoms with Crippen molar-refractivity contribution < 1.29 is 13.6 Å². The summed E-state index contributed by atoms with van der Waals surface area (Å²) in [5.74, 6) is 0.477. The van der Waals surface area contributed by atoms with Crippen molar-refractivity contribution in [1.82, 2.24) is 9.55 Å². The number of rotatable bonds is 8. The van der Waals surface area contributed by atoms with E-state index in [0.29, 0.717) is 27.4 Å². The molecule has 28 heavy (non-hydrogen) atoms. The lowest BCUT2D eigenvalue weighted by molar-refractivity contribution is 0.220. The lowest BCUT2D eigenvalue weighted by Crippen LogP contribution is -2.24. The van der Waals surface area contributed by atoms with E-state index in [1.54, 1.807) is 36.6 Å². The summed E-state index contributed by atoms with van der Waals surface area (Å²) in [6.45, 7) is 4.09. The molecule has 1 aromatic heterocycles. The van der Waals surface area contributed by atoms with Crippen molar-refractivity contribution in [3.05, 3.63) is 69.7 Å². The maximum absolute atomic E-state index is 13.2. The summed E-state index contributed by atoms with van der Waals surface area (Å²) in [6, 6.07) is 14.2. The molecule has 0 saturated carbocycles. The first-order chi connectivity index (χ1) is 13.5. The Balaban J connectivity index is 2.11. The van der Waals surface area contributed by atoms with Crippen LogP contribution in [0.5, 0.6) is 0 Å². The third-order valence-corrected chi connectivity index (χ3v) is 6.49. The van der Waals surface area contributed by atoms with Crippen LogP contribution in [0.3, 0.4) is 0 Å². The van der Waals surface area contributed by atoms with E-state index in [9.17, 15) is 9.36 Å². The second kappa shape index (κ2) is 9.01. The van der Waals surface area contributed by atoms with Crippen molar-refractivity contribution in [1.29, 1.82) is 0 Å². The van der Waals surface area contributed by atoms with Crippen LogP contribution in [-0.2, 0) is 20.0 Å². The molecule has 0 spiro atoms. The maximum Gasteiger partial charge on any atom is 0.331 e. The molecule has 6 nitrogen and oxygen atoms in total. The largest absolute Gasteiger partial charge is 0.331 e. The number of aromatic nitrogens is 2. The van der Waals surface area contributed by atoms with Crippen LogP contribution < -0.4 is 5.56 Å². The highest BCUT2D eigenvalue weighted by Crippen LogP contribution is 2.48. The zero-order valence-corrected chi connectivity index (χ0v) is 17.5. The lowest BCUT2D eigenvalue weighted by Gasteiger charge is -2.18. The summed E-state index contributed by atoms with van der Waals surface area (Å²) in [7, 11) is -3.26. The Kier molecular flexibility index (Phi) is 6.68. The molecule has 1 heterocycles. The molecule has 3 rings (SSSR count). The fourth-order valence-corrected chi connectivity index (χ4v) is 4.77. The maximum atomic E-state index is 13.2. The molecule has 0 N–H and O–H groups in total. The van der Waals surface area contributed by atoms with E-state index in [4.69, 9.17) is 20.6 Å². The smallest absolute Gasteiger partial charge is 0.309 e. The SMILES string of the molecule is CCOP(=O)(CCc1nc2cc(Cl)ccc2c(=O)n1-c1ccccc1)OCC. The molecule has 8 heteroatoms. The standard InChI is InChI=1S/C20H22ClN2O4P/c1-3-26-28(25,27-4-2)13-12-19-22-18-14-15(21)10-11-17(18)20(24)23(19)16-8-6-5-7-9-16/h5-11,14H,3-4,12-13H2,1-2H3. The van der Waals surface area contributed by atoms with Crippen molar-refractivity contribution in [2.24, 2.45) is 0 Å². The summed E-state index contributed by atoms with van der Waals surface area (Å²) in [6.07, 6.45) is 0.379. The minimum Gasteiger partial charge on any atom is -0.309 e. The van der Waals surface area contributed by atoms with Crippen LogP contribution in [-0.4, -0.2) is 28.9 Å². The number of hydrogen-bond acceptors (Lipinski definition) is 5. The summed E-state index contributed by atoms with van der Waals surface area (Å²) in [5, 5.41) is 0.965. The Morgan fingerprint density at radius 2 is 1.75 bits per heavy atom. The van der Waals surface area contributed by atoms with Crippen molar-refractivity contribution in [3.8, 4) is 5.69 Å². The number of para-hydroxylation sites is 1. The van der Waals surface area contributed by atoms with Gasteiger partial charge in [0.05, 0.1) is 36.0 Å². The highest BCUT2D eigenvalue weighted by Gasteiger charge is 2.25. The van der Waals surface area contributed by atoms with Gasteiger partial charge in [-0.05, 0) is 44.2 Å². The van der Waals surface area contributed by atoms with Gasteiger partial charge >= 0.3 is 7.60 Å². The first-order valence-electron chi connectivity index (χ1n) is 9.12. The van der Waals surface area contributed by atoms with E-state index in [-0.39, 0.29) is 31.4 Å². The van der Waals surface area contributed by atoms with Gasteiger partial charge in [-0.25, -0.2) is 4.98 Å². The summed E-state index contributed by atoms with van der Waals surface area (Å²) >= 11 is 6.08. The van der Waals surface area contributed by atoms with E-state index >= 15 is 0 Å². The normalized spacial score (nSPS) is 11.8. The second-order valence-corrected chi connectivity index (χ2v) is 8.71. The Morgan fingerprint density at radius 1 is 1.07 bits per heavy atom. The molecule has 0 aliphatic carbocycles. The number of halogens is 1. The van der Waals surface area contributed by atoms with Gasteiger partial charge < -0.3 is 9.05 Å². The minimum atomic E-state index is -3.26. The Hall–Kier alpha value is -1.98. The molecule has 148 valence electrons. The first kappa shape index (κ1) is 20.7. The minimum absolute atomic E-state index is 0.125. The molecule has 0 fully saturated rings. The van der Waals surface area contributed by atoms with E-state index in [0.717, 1.165) is 0 Å². The number of nitrogens with zero attached hydrogens (tertiary/aromatic N) is 2. The van der Waals surface area contributed by atoms with Crippen molar-refractivity contribution in [3.63, 3.8) is 0 Å². The van der Waals surface area contributed by atoms with Crippen LogP contribution in [0.2, 0.25) is 5.02 Å². The number of aryl methyl sites for hydroxylation is 1. The van der Waals surface area contributed by atoms with Crippen LogP contribution in [0.25, 0.3) is 16.6 Å². The predicted molar refractivity (Wildman–Crippen MR) is 112 cm³/mol. The van der Waals surface area contributed by atoms with Crippen LogP contribution >= 0.6 is 19.2 Å². The van der Waals surface area contributed by atoms with Gasteiger partial charge in [0, 0.05) is 11.4 Å². The summed E-state index contributed by atoms with van der Waals surface area (Å²) in [5.41, 5.74) is 0.988. The van der Waals surface area contributed by atoms with Crippen LogP contribution in [0, 0.1) is 0 Å². The van der Waals surface area contributed by atoms with Crippen molar-refractivity contribution in [2.45, 2.75) is 20.3 Å². The topological polar surface area (TPSA) is 70.4 Å². The van der Waals surface area contributed by atoms with Gasteiger partial charge in [0.25, 0.3) is 5.56 Å². The van der Waals surface area contributed by atoms with Crippen molar-refractivity contribution >= 4 is 30.1 Å². The molecule has 2 aromatic carbocycles. The summed E-state index contributed by atoms with van der Waals surface area (Å²) < 4.78 is 25.1. The second-order valence-electron chi connectivity index (χ2n) is 6.09. The Bertz CT molecular complexity index is 1060. The van der Waals surface area contributed by atoms with E-state index in [1.807, 2.05) is 30.3 Å². The van der Waals surface area contributed by atoms with Crippen LogP contribution in [0.1, 0.15) is 19.7 Å². The average Bonchev–Trinajstić information content (AvgIpc) is 2.67. The zero-order valence-electron chi connectivity index (χ0n) is 15.8. The fraction of sp³-hybridized carbons (Fsp3) is 0.300. The number of hydrogen-bond donors (Lipinski definition) is 0. The molecule has 0 radical (unpaired) electrons. The summed E-state index contributed by atoms with van der Waals surface area (Å²) in [4.78, 5) is 17.8. The van der Waals surface area contributed by atoms with Crippen LogP contribution in [0.15, 0.2) is 53.3 Å². The first-order valence-corrected chi connectivity index (χ1v) is 11.2. The molecule has 0 atom stereocenters. The van der Waals surface area contributed by atoms with E-state index in [1.165, 1.54) is 0 Å². The fourth-order valence-electron chi connectivity index (χ4n) is 3.01. The van der Waals surface area contributed by atoms with Crippen LogP contribution in [0.4, 0.5) is 0 Å². The van der Waals surface area contributed by atoms with Gasteiger partial charge in [-0.2, -0.15) is 0 Å². The highest BCUT2D eigenvalue weighted by atomic mass is 35.5. The van der Waals surface area contributed by atoms with Gasteiger partial charge in [0.1, 0.15) is 5.82 Å². The highest BCUT2D eigenvalue weighted by molar-refractivity contribution is 7.53. The van der Waals surface area contributed by atoms with Gasteiger partial charge in [0.15, 0.2) is 0 Å². The third kappa shape index (κ3) is 4.53. The lowest BCUT2D eigenvalue weighted by atomic mass is 10.2. The zero-order chi connectivity index (χ0) is 20.1.